The summed E-state index contributed by atoms with van der Waals surface area (Å²) >= 11 is 0. The van der Waals surface area contributed by atoms with E-state index < -0.39 is 0 Å². The van der Waals surface area contributed by atoms with E-state index in [0.29, 0.717) is 19.1 Å². The van der Waals surface area contributed by atoms with E-state index in [0.717, 1.165) is 31.8 Å². The van der Waals surface area contributed by atoms with Gasteiger partial charge in [0.2, 0.25) is 0 Å². The Morgan fingerprint density at radius 1 is 1.40 bits per heavy atom. The molecule has 1 aliphatic heterocycles. The first-order valence-electron chi connectivity index (χ1n) is 7.29. The lowest BCUT2D eigenvalue weighted by Gasteiger charge is -2.31. The molecule has 20 heavy (non-hydrogen) atoms. The van der Waals surface area contributed by atoms with Gasteiger partial charge in [0, 0.05) is 13.1 Å². The minimum atomic E-state index is -0.371. The average Bonchev–Trinajstić information content (AvgIpc) is 3.18. The van der Waals surface area contributed by atoms with Crippen LogP contribution in [-0.4, -0.2) is 43.1 Å². The number of rotatable bonds is 4. The first-order chi connectivity index (χ1) is 9.07. The zero-order valence-corrected chi connectivity index (χ0v) is 14.8. The molecule has 2 fully saturated rings. The Bertz CT molecular complexity index is 361. The quantitative estimate of drug-likeness (QED) is 0.342. The van der Waals surface area contributed by atoms with Gasteiger partial charge in [-0.05, 0) is 38.5 Å². The highest BCUT2D eigenvalue weighted by atomic mass is 127. The molecular weight excluding hydrogens is 369 g/mol. The van der Waals surface area contributed by atoms with Crippen molar-refractivity contribution in [1.82, 2.24) is 4.90 Å². The molecule has 0 aromatic carbocycles. The Morgan fingerprint density at radius 3 is 2.50 bits per heavy atom. The molecule has 0 radical (unpaired) electrons. The molecule has 0 amide bonds. The summed E-state index contributed by atoms with van der Waals surface area (Å²) in [5.41, 5.74) is 5.66. The van der Waals surface area contributed by atoms with Crippen LogP contribution in [0.15, 0.2) is 4.99 Å². The third kappa shape index (κ3) is 4.23. The van der Waals surface area contributed by atoms with Crippen LogP contribution >= 0.6 is 24.0 Å². The van der Waals surface area contributed by atoms with E-state index >= 15 is 0 Å². The molecule has 0 aromatic heterocycles. The van der Waals surface area contributed by atoms with Gasteiger partial charge in [0.05, 0.1) is 18.6 Å². The van der Waals surface area contributed by atoms with Gasteiger partial charge in [0.25, 0.3) is 0 Å². The molecule has 0 bridgehead atoms. The van der Waals surface area contributed by atoms with Crippen LogP contribution in [0, 0.1) is 11.3 Å². The summed E-state index contributed by atoms with van der Waals surface area (Å²) in [5.74, 6) is 1.25. The summed E-state index contributed by atoms with van der Waals surface area (Å²) in [7, 11) is 0. The van der Waals surface area contributed by atoms with Crippen LogP contribution < -0.4 is 5.73 Å². The number of hydrogen-bond acceptors (Lipinski definition) is 3. The van der Waals surface area contributed by atoms with Gasteiger partial charge in [0.1, 0.15) is 0 Å². The average molecular weight is 395 g/mol. The highest BCUT2D eigenvalue weighted by Crippen LogP contribution is 2.47. The molecule has 2 rings (SSSR count). The molecule has 0 atom stereocenters. The molecule has 116 valence electrons. The molecular formula is C14H26IN3O2. The van der Waals surface area contributed by atoms with Crippen molar-refractivity contribution < 1.29 is 9.53 Å². The highest BCUT2D eigenvalue weighted by Gasteiger charge is 2.51. The smallest absolute Gasteiger partial charge is 0.313 e. The van der Waals surface area contributed by atoms with Gasteiger partial charge in [-0.2, -0.15) is 0 Å². The third-order valence-electron chi connectivity index (χ3n) is 4.21. The zero-order valence-electron chi connectivity index (χ0n) is 12.4. The predicted molar refractivity (Wildman–Crippen MR) is 90.2 cm³/mol. The number of carbonyl (C=O) groups is 1. The highest BCUT2D eigenvalue weighted by molar-refractivity contribution is 14.0. The Morgan fingerprint density at radius 2 is 2.00 bits per heavy atom. The fourth-order valence-electron chi connectivity index (χ4n) is 2.43. The van der Waals surface area contributed by atoms with Crippen LogP contribution in [0.1, 0.15) is 39.5 Å². The van der Waals surface area contributed by atoms with Crippen molar-refractivity contribution in [2.75, 3.05) is 26.2 Å². The second-order valence-electron chi connectivity index (χ2n) is 5.84. The molecule has 1 heterocycles. The van der Waals surface area contributed by atoms with Gasteiger partial charge in [-0.25, -0.2) is 0 Å². The van der Waals surface area contributed by atoms with Gasteiger partial charge in [-0.15, -0.1) is 24.0 Å². The molecule has 0 spiro atoms. The van der Waals surface area contributed by atoms with Crippen molar-refractivity contribution >= 4 is 35.9 Å². The Kier molecular flexibility index (Phi) is 6.54. The first-order valence-corrected chi connectivity index (χ1v) is 7.29. The van der Waals surface area contributed by atoms with Crippen LogP contribution in [0.4, 0.5) is 0 Å². The fourth-order valence-corrected chi connectivity index (χ4v) is 2.43. The summed E-state index contributed by atoms with van der Waals surface area (Å²) in [5, 5.41) is 0. The number of ether oxygens (including phenoxy) is 1. The number of guanidine groups is 1. The van der Waals surface area contributed by atoms with Crippen LogP contribution in [0.25, 0.3) is 0 Å². The number of esters is 1. The van der Waals surface area contributed by atoms with E-state index in [1.165, 1.54) is 12.8 Å². The number of piperidine rings is 1. The monoisotopic (exact) mass is 395 g/mol. The number of carbonyl (C=O) groups excluding carboxylic acids is 1. The summed E-state index contributed by atoms with van der Waals surface area (Å²) < 4.78 is 5.10. The van der Waals surface area contributed by atoms with E-state index in [2.05, 4.69) is 16.8 Å². The molecule has 0 aromatic rings. The lowest BCUT2D eigenvalue weighted by Crippen LogP contribution is -2.43. The lowest BCUT2D eigenvalue weighted by molar-refractivity contribution is -0.149. The number of hydrogen-bond donors (Lipinski definition) is 1. The van der Waals surface area contributed by atoms with Crippen LogP contribution in [0.2, 0.25) is 0 Å². The number of aliphatic imine (C=N–C) groups is 1. The second-order valence-corrected chi connectivity index (χ2v) is 5.84. The lowest BCUT2D eigenvalue weighted by atomic mass is 10.00. The maximum absolute atomic E-state index is 11.8. The van der Waals surface area contributed by atoms with Gasteiger partial charge in [-0.3, -0.25) is 9.79 Å². The molecule has 0 unspecified atom stereocenters. The summed E-state index contributed by atoms with van der Waals surface area (Å²) in [6.45, 7) is 6.96. The van der Waals surface area contributed by atoms with Crippen molar-refractivity contribution in [3.8, 4) is 0 Å². The van der Waals surface area contributed by atoms with E-state index in [1.54, 1.807) is 0 Å². The Hall–Kier alpha value is -0.530. The first kappa shape index (κ1) is 17.5. The Labute approximate surface area is 138 Å². The van der Waals surface area contributed by atoms with Gasteiger partial charge < -0.3 is 15.4 Å². The molecule has 6 heteroatoms. The predicted octanol–water partition coefficient (Wildman–Crippen LogP) is 1.99. The van der Waals surface area contributed by atoms with Crippen molar-refractivity contribution in [3.63, 3.8) is 0 Å². The number of nitrogens with two attached hydrogens (primary N) is 1. The third-order valence-corrected chi connectivity index (χ3v) is 4.21. The van der Waals surface area contributed by atoms with E-state index in [4.69, 9.17) is 10.5 Å². The second kappa shape index (κ2) is 7.47. The minimum Gasteiger partial charge on any atom is -0.466 e. The van der Waals surface area contributed by atoms with Crippen molar-refractivity contribution in [2.24, 2.45) is 22.1 Å². The maximum Gasteiger partial charge on any atom is 0.313 e. The van der Waals surface area contributed by atoms with E-state index in [-0.39, 0.29) is 35.4 Å². The van der Waals surface area contributed by atoms with Crippen LogP contribution in [0.5, 0.6) is 0 Å². The number of nitrogens with zero attached hydrogens (tertiary/aromatic N) is 2. The largest absolute Gasteiger partial charge is 0.466 e. The SMILES string of the molecule is CCOC(=O)C1(CN=C(N)N2CCC(C)CC2)CC1.I. The molecule has 2 N–H and O–H groups in total. The molecule has 1 saturated heterocycles. The minimum absolute atomic E-state index is 0. The van der Waals surface area contributed by atoms with Crippen LogP contribution in [-0.2, 0) is 9.53 Å². The number of halogens is 1. The van der Waals surface area contributed by atoms with Crippen LogP contribution in [0.3, 0.4) is 0 Å². The van der Waals surface area contributed by atoms with Gasteiger partial charge >= 0.3 is 5.97 Å². The van der Waals surface area contributed by atoms with Crippen molar-refractivity contribution in [2.45, 2.75) is 39.5 Å². The maximum atomic E-state index is 11.8. The molecule has 1 saturated carbocycles. The van der Waals surface area contributed by atoms with Gasteiger partial charge in [-0.1, -0.05) is 6.92 Å². The molecule has 1 aliphatic carbocycles. The summed E-state index contributed by atoms with van der Waals surface area (Å²) in [4.78, 5) is 18.4. The van der Waals surface area contributed by atoms with Gasteiger partial charge in [0.15, 0.2) is 5.96 Å². The topological polar surface area (TPSA) is 67.9 Å². The Balaban J connectivity index is 0.00000200. The normalized spacial score (nSPS) is 22.1. The summed E-state index contributed by atoms with van der Waals surface area (Å²) in [6.07, 6.45) is 4.08. The number of likely N-dealkylation sites (tertiary alicyclic amines) is 1. The summed E-state index contributed by atoms with van der Waals surface area (Å²) in [6, 6.07) is 0. The zero-order chi connectivity index (χ0) is 13.9. The molecule has 5 nitrogen and oxygen atoms in total. The molecule has 2 aliphatic rings. The van der Waals surface area contributed by atoms with Crippen molar-refractivity contribution in [1.29, 1.82) is 0 Å². The van der Waals surface area contributed by atoms with E-state index in [9.17, 15) is 4.79 Å². The standard InChI is InChI=1S/C14H25N3O2.HI/c1-3-19-12(18)14(6-7-14)10-16-13(15)17-8-4-11(2)5-9-17;/h11H,3-10H2,1-2H3,(H2,15,16);1H. The van der Waals surface area contributed by atoms with Crippen molar-refractivity contribution in [3.05, 3.63) is 0 Å². The fraction of sp³-hybridized carbons (Fsp3) is 0.857. The van der Waals surface area contributed by atoms with E-state index in [1.807, 2.05) is 6.92 Å².